The number of carbonyl (C=O) groups is 2. The topological polar surface area (TPSA) is 76.1 Å². The van der Waals surface area contributed by atoms with Crippen molar-refractivity contribution < 1.29 is 24.2 Å². The van der Waals surface area contributed by atoms with E-state index in [1.807, 2.05) is 31.2 Å². The molecule has 0 aromatic heterocycles. The van der Waals surface area contributed by atoms with Gasteiger partial charge in [0.05, 0.1) is 24.8 Å². The highest BCUT2D eigenvalue weighted by Gasteiger charge is 2.45. The van der Waals surface area contributed by atoms with E-state index in [-0.39, 0.29) is 24.5 Å². The predicted molar refractivity (Wildman–Crippen MR) is 127 cm³/mol. The fraction of sp³-hybridized carbons (Fsp3) is 0.360. The zero-order chi connectivity index (χ0) is 23.3. The van der Waals surface area contributed by atoms with Gasteiger partial charge < -0.3 is 19.5 Å². The molecule has 6 nitrogen and oxygen atoms in total. The molecular weight excluding hydrogens is 474 g/mol. The molecule has 3 rings (SSSR count). The largest absolute Gasteiger partial charge is 0.507 e. The van der Waals surface area contributed by atoms with Crippen LogP contribution in [0.5, 0.6) is 5.75 Å². The van der Waals surface area contributed by atoms with Gasteiger partial charge in [0, 0.05) is 23.7 Å². The van der Waals surface area contributed by atoms with Gasteiger partial charge in [0.2, 0.25) is 0 Å². The smallest absolute Gasteiger partial charge is 0.295 e. The summed E-state index contributed by atoms with van der Waals surface area (Å²) >= 11 is 3.45. The number of ketones is 1. The van der Waals surface area contributed by atoms with Crippen LogP contribution in [0.25, 0.3) is 5.76 Å². The molecule has 1 heterocycles. The third-order valence-corrected chi connectivity index (χ3v) is 5.94. The Labute approximate surface area is 197 Å². The number of rotatable bonds is 9. The van der Waals surface area contributed by atoms with Gasteiger partial charge in [-0.05, 0) is 54.8 Å². The molecule has 0 saturated carbocycles. The number of aryl methyl sites for hydroxylation is 1. The average molecular weight is 502 g/mol. The van der Waals surface area contributed by atoms with E-state index in [4.69, 9.17) is 9.47 Å². The third-order valence-electron chi connectivity index (χ3n) is 5.44. The number of aliphatic hydroxyl groups excluding tert-OH is 1. The van der Waals surface area contributed by atoms with Crippen molar-refractivity contribution in [2.75, 3.05) is 26.9 Å². The van der Waals surface area contributed by atoms with Crippen molar-refractivity contribution >= 4 is 33.4 Å². The Bertz CT molecular complexity index is 1030. The van der Waals surface area contributed by atoms with E-state index in [1.54, 1.807) is 18.2 Å². The van der Waals surface area contributed by atoms with Gasteiger partial charge in [-0.15, -0.1) is 0 Å². The second kappa shape index (κ2) is 10.8. The molecule has 2 aromatic rings. The highest BCUT2D eigenvalue weighted by molar-refractivity contribution is 9.10. The van der Waals surface area contributed by atoms with Gasteiger partial charge in [-0.3, -0.25) is 9.59 Å². The molecule has 2 aromatic carbocycles. The number of hydrogen-bond donors (Lipinski definition) is 1. The summed E-state index contributed by atoms with van der Waals surface area (Å²) in [7, 11) is 1.54. The lowest BCUT2D eigenvalue weighted by Gasteiger charge is -2.25. The van der Waals surface area contributed by atoms with Crippen LogP contribution in [0.2, 0.25) is 0 Å². The molecule has 0 radical (unpaired) electrons. The zero-order valence-electron chi connectivity index (χ0n) is 18.6. The van der Waals surface area contributed by atoms with Crippen LogP contribution >= 0.6 is 15.9 Å². The van der Waals surface area contributed by atoms with Crippen LogP contribution in [0.3, 0.4) is 0 Å². The lowest BCUT2D eigenvalue weighted by molar-refractivity contribution is -0.140. The number of Topliss-reactive ketones (excluding diaryl/α,β-unsaturated/α-hetero) is 1. The molecular formula is C25H28BrNO5. The Morgan fingerprint density at radius 2 is 1.94 bits per heavy atom. The summed E-state index contributed by atoms with van der Waals surface area (Å²) in [6.45, 7) is 5.12. The van der Waals surface area contributed by atoms with E-state index in [0.29, 0.717) is 12.2 Å². The van der Waals surface area contributed by atoms with Crippen LogP contribution in [0, 0.1) is 6.92 Å². The summed E-state index contributed by atoms with van der Waals surface area (Å²) in [6, 6.07) is 12.0. The molecule has 1 saturated heterocycles. The number of carbonyl (C=O) groups excluding carboxylic acids is 2. The van der Waals surface area contributed by atoms with Crippen LogP contribution in [-0.4, -0.2) is 48.6 Å². The van der Waals surface area contributed by atoms with Crippen LogP contribution in [0.15, 0.2) is 52.5 Å². The summed E-state index contributed by atoms with van der Waals surface area (Å²) in [4.78, 5) is 27.3. The van der Waals surface area contributed by atoms with Crippen molar-refractivity contribution in [1.29, 1.82) is 0 Å². The molecule has 1 amide bonds. The Morgan fingerprint density at radius 3 is 2.59 bits per heavy atom. The highest BCUT2D eigenvalue weighted by Crippen LogP contribution is 2.40. The lowest BCUT2D eigenvalue weighted by atomic mass is 9.95. The molecule has 0 spiro atoms. The monoisotopic (exact) mass is 501 g/mol. The minimum atomic E-state index is -0.705. The lowest BCUT2D eigenvalue weighted by Crippen LogP contribution is -2.32. The molecule has 0 bridgehead atoms. The number of unbranched alkanes of at least 4 members (excludes halogenated alkanes) is 1. The maximum atomic E-state index is 13.0. The summed E-state index contributed by atoms with van der Waals surface area (Å²) in [5.41, 5.74) is 2.11. The first-order valence-corrected chi connectivity index (χ1v) is 11.4. The summed E-state index contributed by atoms with van der Waals surface area (Å²) in [5, 5.41) is 11.2. The predicted octanol–water partition coefficient (Wildman–Crippen LogP) is 5.00. The van der Waals surface area contributed by atoms with Crippen molar-refractivity contribution in [3.63, 3.8) is 0 Å². The summed E-state index contributed by atoms with van der Waals surface area (Å²) in [5.74, 6) is -0.815. The maximum Gasteiger partial charge on any atom is 0.295 e. The highest BCUT2D eigenvalue weighted by atomic mass is 79.9. The molecule has 0 aliphatic carbocycles. The normalized spacial score (nSPS) is 17.8. The van der Waals surface area contributed by atoms with Gasteiger partial charge in [-0.25, -0.2) is 0 Å². The number of aliphatic hydroxyl groups is 1. The quantitative estimate of drug-likeness (QED) is 0.226. The second-order valence-electron chi connectivity index (χ2n) is 7.72. The van der Waals surface area contributed by atoms with Crippen LogP contribution in [0.4, 0.5) is 0 Å². The van der Waals surface area contributed by atoms with Crippen molar-refractivity contribution in [3.8, 4) is 5.75 Å². The SMILES string of the molecule is CCCCOc1ccc(C(O)=C2C(=O)C(=O)N(CCOC)C2c2cccc(Br)c2)cc1C. The number of methoxy groups -OCH3 is 1. The van der Waals surface area contributed by atoms with Crippen LogP contribution in [0.1, 0.15) is 42.5 Å². The Balaban J connectivity index is 2.06. The third kappa shape index (κ3) is 5.05. The minimum Gasteiger partial charge on any atom is -0.507 e. The molecule has 1 aliphatic heterocycles. The van der Waals surface area contributed by atoms with Crippen molar-refractivity contribution in [2.45, 2.75) is 32.7 Å². The number of hydrogen-bond acceptors (Lipinski definition) is 5. The van der Waals surface area contributed by atoms with Gasteiger partial charge in [0.1, 0.15) is 11.5 Å². The van der Waals surface area contributed by atoms with E-state index in [9.17, 15) is 14.7 Å². The molecule has 170 valence electrons. The first kappa shape index (κ1) is 24.0. The Kier molecular flexibility index (Phi) is 8.10. The van der Waals surface area contributed by atoms with E-state index >= 15 is 0 Å². The zero-order valence-corrected chi connectivity index (χ0v) is 20.1. The van der Waals surface area contributed by atoms with Crippen molar-refractivity contribution in [2.24, 2.45) is 0 Å². The van der Waals surface area contributed by atoms with Crippen molar-refractivity contribution in [1.82, 2.24) is 4.90 Å². The number of nitrogens with zero attached hydrogens (tertiary/aromatic N) is 1. The number of halogens is 1. The first-order chi connectivity index (χ1) is 15.4. The maximum absolute atomic E-state index is 13.0. The molecule has 1 atom stereocenters. The summed E-state index contributed by atoms with van der Waals surface area (Å²) < 4.78 is 11.7. The fourth-order valence-corrected chi connectivity index (χ4v) is 4.18. The van der Waals surface area contributed by atoms with Gasteiger partial charge in [-0.2, -0.15) is 0 Å². The van der Waals surface area contributed by atoms with Gasteiger partial charge in [-0.1, -0.05) is 41.4 Å². The number of benzene rings is 2. The minimum absolute atomic E-state index is 0.0725. The van der Waals surface area contributed by atoms with Crippen LogP contribution in [-0.2, 0) is 14.3 Å². The van der Waals surface area contributed by atoms with Crippen molar-refractivity contribution in [3.05, 3.63) is 69.2 Å². The molecule has 7 heteroatoms. The van der Waals surface area contributed by atoms with Gasteiger partial charge in [0.25, 0.3) is 11.7 Å². The standard InChI is InChI=1S/C25H28BrNO5/c1-4-5-12-32-20-10-9-18(14-16(20)2)23(28)21-22(17-7-6-8-19(26)15-17)27(11-13-31-3)25(30)24(21)29/h6-10,14-15,22,28H,4-5,11-13H2,1-3H3. The molecule has 1 unspecified atom stereocenters. The van der Waals surface area contributed by atoms with E-state index in [1.165, 1.54) is 12.0 Å². The fourth-order valence-electron chi connectivity index (χ4n) is 3.76. The number of ether oxygens (including phenoxy) is 2. The first-order valence-electron chi connectivity index (χ1n) is 10.7. The molecule has 32 heavy (non-hydrogen) atoms. The van der Waals surface area contributed by atoms with Gasteiger partial charge in [0.15, 0.2) is 0 Å². The molecule has 1 fully saturated rings. The molecule has 1 aliphatic rings. The number of amides is 1. The molecule has 1 N–H and O–H groups in total. The Hall–Kier alpha value is -2.64. The van der Waals surface area contributed by atoms with E-state index < -0.39 is 17.7 Å². The van der Waals surface area contributed by atoms with E-state index in [2.05, 4.69) is 22.9 Å². The average Bonchev–Trinajstić information content (AvgIpc) is 3.03. The number of likely N-dealkylation sites (tertiary alicyclic amines) is 1. The Morgan fingerprint density at radius 1 is 1.16 bits per heavy atom. The second-order valence-corrected chi connectivity index (χ2v) is 8.64. The van der Waals surface area contributed by atoms with E-state index in [0.717, 1.165) is 34.2 Å². The van der Waals surface area contributed by atoms with Gasteiger partial charge >= 0.3 is 0 Å². The van der Waals surface area contributed by atoms with Crippen LogP contribution < -0.4 is 4.74 Å². The summed E-state index contributed by atoms with van der Waals surface area (Å²) in [6.07, 6.45) is 2.00.